The van der Waals surface area contributed by atoms with Crippen LogP contribution in [0.4, 0.5) is 10.9 Å². The molecule has 3 rings (SSSR count). The quantitative estimate of drug-likeness (QED) is 0.771. The van der Waals surface area contributed by atoms with Gasteiger partial charge in [0.15, 0.2) is 5.13 Å². The van der Waals surface area contributed by atoms with E-state index in [1.54, 1.807) is 11.3 Å². The number of hydrogen-bond donors (Lipinski definition) is 0. The van der Waals surface area contributed by atoms with Gasteiger partial charge in [-0.2, -0.15) is 0 Å². The first-order valence-corrected chi connectivity index (χ1v) is 7.86. The van der Waals surface area contributed by atoms with Crippen LogP contribution in [0.15, 0.2) is 22.4 Å². The summed E-state index contributed by atoms with van der Waals surface area (Å²) in [6, 6.07) is 0. The van der Waals surface area contributed by atoms with Gasteiger partial charge in [0.25, 0.3) is 0 Å². The van der Waals surface area contributed by atoms with Crippen LogP contribution in [0.3, 0.4) is 0 Å². The molecule has 0 amide bonds. The molecule has 8 heteroatoms. The van der Waals surface area contributed by atoms with E-state index >= 15 is 0 Å². The fourth-order valence-electron chi connectivity index (χ4n) is 2.04. The Balaban J connectivity index is 1.72. The van der Waals surface area contributed by atoms with E-state index in [0.29, 0.717) is 5.15 Å². The summed E-state index contributed by atoms with van der Waals surface area (Å²) in [4.78, 5) is 17.1. The average molecular weight is 361 g/mol. The zero-order valence-corrected chi connectivity index (χ0v) is 13.1. The van der Waals surface area contributed by atoms with Crippen molar-refractivity contribution in [3.8, 4) is 0 Å². The van der Waals surface area contributed by atoms with Gasteiger partial charge in [-0.05, 0) is 15.9 Å². The van der Waals surface area contributed by atoms with E-state index in [1.165, 1.54) is 6.33 Å². The van der Waals surface area contributed by atoms with Crippen molar-refractivity contribution < 1.29 is 0 Å². The van der Waals surface area contributed by atoms with Crippen LogP contribution in [0.5, 0.6) is 0 Å². The molecule has 3 heterocycles. The minimum atomic E-state index is 0.451. The molecule has 0 aliphatic carbocycles. The summed E-state index contributed by atoms with van der Waals surface area (Å²) >= 11 is 11.1. The highest BCUT2D eigenvalue weighted by Crippen LogP contribution is 2.30. The third kappa shape index (κ3) is 2.68. The van der Waals surface area contributed by atoms with E-state index < -0.39 is 0 Å². The van der Waals surface area contributed by atoms with Gasteiger partial charge in [0, 0.05) is 37.8 Å². The Morgan fingerprint density at radius 2 is 1.84 bits per heavy atom. The summed E-state index contributed by atoms with van der Waals surface area (Å²) in [6.45, 7) is 3.65. The molecule has 1 aliphatic heterocycles. The van der Waals surface area contributed by atoms with Gasteiger partial charge in [-0.25, -0.2) is 15.0 Å². The number of thiazole rings is 1. The maximum absolute atomic E-state index is 6.00. The highest BCUT2D eigenvalue weighted by Gasteiger charge is 2.22. The van der Waals surface area contributed by atoms with Gasteiger partial charge in [-0.15, -0.1) is 11.3 Å². The van der Waals surface area contributed by atoms with Gasteiger partial charge < -0.3 is 9.80 Å². The number of aromatic nitrogens is 3. The first-order valence-electron chi connectivity index (χ1n) is 5.81. The van der Waals surface area contributed by atoms with E-state index in [0.717, 1.165) is 41.6 Å². The molecule has 2 aromatic heterocycles. The molecule has 0 atom stereocenters. The Hall–Kier alpha value is -0.920. The second-order valence-corrected chi connectivity index (χ2v) is 6.11. The van der Waals surface area contributed by atoms with Gasteiger partial charge >= 0.3 is 0 Å². The molecule has 1 saturated heterocycles. The topological polar surface area (TPSA) is 45.2 Å². The summed E-state index contributed by atoms with van der Waals surface area (Å²) in [5, 5.41) is 3.54. The number of hydrogen-bond acceptors (Lipinski definition) is 6. The zero-order chi connectivity index (χ0) is 13.2. The zero-order valence-electron chi connectivity index (χ0n) is 9.96. The van der Waals surface area contributed by atoms with Crippen molar-refractivity contribution in [2.75, 3.05) is 36.0 Å². The lowest BCUT2D eigenvalue weighted by molar-refractivity contribution is 0.644. The van der Waals surface area contributed by atoms with E-state index in [9.17, 15) is 0 Å². The number of anilines is 2. The van der Waals surface area contributed by atoms with Crippen LogP contribution in [0.2, 0.25) is 5.15 Å². The Morgan fingerprint density at radius 1 is 1.11 bits per heavy atom. The molecule has 5 nitrogen and oxygen atoms in total. The van der Waals surface area contributed by atoms with Crippen LogP contribution >= 0.6 is 38.9 Å². The van der Waals surface area contributed by atoms with Crippen molar-refractivity contribution >= 4 is 49.8 Å². The Bertz CT molecular complexity index is 556. The fourth-order valence-corrected chi connectivity index (χ4v) is 3.32. The van der Waals surface area contributed by atoms with Crippen LogP contribution in [0, 0.1) is 0 Å². The molecule has 19 heavy (non-hydrogen) atoms. The van der Waals surface area contributed by atoms with Crippen molar-refractivity contribution in [3.63, 3.8) is 0 Å². The molecular formula is C11H11BrClN5S. The van der Waals surface area contributed by atoms with E-state index in [1.807, 2.05) is 11.6 Å². The predicted molar refractivity (Wildman–Crippen MR) is 81.3 cm³/mol. The van der Waals surface area contributed by atoms with Crippen LogP contribution in [0.1, 0.15) is 0 Å². The average Bonchev–Trinajstić information content (AvgIpc) is 2.96. The Kier molecular flexibility index (Phi) is 3.86. The Labute approximate surface area is 128 Å². The second-order valence-electron chi connectivity index (χ2n) is 4.09. The van der Waals surface area contributed by atoms with Crippen molar-refractivity contribution in [1.82, 2.24) is 15.0 Å². The molecule has 100 valence electrons. The van der Waals surface area contributed by atoms with Crippen LogP contribution in [-0.4, -0.2) is 41.1 Å². The molecular weight excluding hydrogens is 350 g/mol. The van der Waals surface area contributed by atoms with Gasteiger partial charge in [-0.3, -0.25) is 0 Å². The minimum absolute atomic E-state index is 0.451. The lowest BCUT2D eigenvalue weighted by atomic mass is 10.3. The summed E-state index contributed by atoms with van der Waals surface area (Å²) in [5.74, 6) is 0.860. The lowest BCUT2D eigenvalue weighted by Crippen LogP contribution is -2.47. The summed E-state index contributed by atoms with van der Waals surface area (Å²) < 4.78 is 0.763. The third-order valence-electron chi connectivity index (χ3n) is 3.00. The number of piperazine rings is 1. The molecule has 0 aromatic carbocycles. The van der Waals surface area contributed by atoms with Crippen molar-refractivity contribution in [2.24, 2.45) is 0 Å². The maximum Gasteiger partial charge on any atom is 0.185 e. The highest BCUT2D eigenvalue weighted by atomic mass is 79.9. The molecule has 0 bridgehead atoms. The van der Waals surface area contributed by atoms with Crippen LogP contribution in [0.25, 0.3) is 0 Å². The van der Waals surface area contributed by atoms with Crippen LogP contribution < -0.4 is 9.80 Å². The monoisotopic (exact) mass is 359 g/mol. The first-order chi connectivity index (χ1) is 9.25. The van der Waals surface area contributed by atoms with Crippen molar-refractivity contribution in [3.05, 3.63) is 27.5 Å². The predicted octanol–water partition coefficient (Wildman–Crippen LogP) is 2.68. The normalized spacial score (nSPS) is 15.9. The van der Waals surface area contributed by atoms with Gasteiger partial charge in [0.1, 0.15) is 17.3 Å². The van der Waals surface area contributed by atoms with Gasteiger partial charge in [0.05, 0.1) is 4.47 Å². The first kappa shape index (κ1) is 13.1. The van der Waals surface area contributed by atoms with Crippen LogP contribution in [-0.2, 0) is 0 Å². The van der Waals surface area contributed by atoms with E-state index in [-0.39, 0.29) is 0 Å². The number of nitrogens with zero attached hydrogens (tertiary/aromatic N) is 5. The number of rotatable bonds is 2. The molecule has 0 N–H and O–H groups in total. The smallest absolute Gasteiger partial charge is 0.185 e. The van der Waals surface area contributed by atoms with Crippen molar-refractivity contribution in [1.29, 1.82) is 0 Å². The van der Waals surface area contributed by atoms with E-state index in [4.69, 9.17) is 11.6 Å². The molecule has 1 fully saturated rings. The molecule has 1 aliphatic rings. The summed E-state index contributed by atoms with van der Waals surface area (Å²) in [6.07, 6.45) is 3.34. The molecule has 0 saturated carbocycles. The second kappa shape index (κ2) is 5.60. The van der Waals surface area contributed by atoms with E-state index in [2.05, 4.69) is 40.7 Å². The van der Waals surface area contributed by atoms with Crippen molar-refractivity contribution in [2.45, 2.75) is 0 Å². The summed E-state index contributed by atoms with van der Waals surface area (Å²) in [7, 11) is 0. The SMILES string of the molecule is Clc1ncnc(N2CCN(c3nccs3)CC2)c1Br. The lowest BCUT2D eigenvalue weighted by Gasteiger charge is -2.35. The molecule has 0 radical (unpaired) electrons. The van der Waals surface area contributed by atoms with Gasteiger partial charge in [-0.1, -0.05) is 11.6 Å². The maximum atomic E-state index is 6.00. The largest absolute Gasteiger partial charge is 0.352 e. The molecule has 0 spiro atoms. The third-order valence-corrected chi connectivity index (χ3v) is 5.07. The fraction of sp³-hybridized carbons (Fsp3) is 0.364. The Morgan fingerprint density at radius 3 is 2.53 bits per heavy atom. The number of halogens is 2. The standard InChI is InChI=1S/C11H11BrClN5S/c12-8-9(13)15-7-16-10(8)17-2-4-18(5-3-17)11-14-1-6-19-11/h1,6-7H,2-5H2. The highest BCUT2D eigenvalue weighted by molar-refractivity contribution is 9.10. The van der Waals surface area contributed by atoms with Gasteiger partial charge in [0.2, 0.25) is 0 Å². The summed E-state index contributed by atoms with van der Waals surface area (Å²) in [5.41, 5.74) is 0. The molecule has 2 aromatic rings. The molecule has 0 unspecified atom stereocenters. The minimum Gasteiger partial charge on any atom is -0.352 e.